The second-order valence-corrected chi connectivity index (χ2v) is 11.0. The first-order valence-electron chi connectivity index (χ1n) is 13.8. The van der Waals surface area contributed by atoms with Gasteiger partial charge in [0.15, 0.2) is 0 Å². The molecule has 0 unspecified atom stereocenters. The van der Waals surface area contributed by atoms with Crippen LogP contribution < -0.4 is 0 Å². The molecule has 3 aromatic carbocycles. The van der Waals surface area contributed by atoms with E-state index in [1.54, 1.807) is 11.1 Å². The Hall–Kier alpha value is -2.34. The maximum Gasteiger partial charge on any atom is -0.00202 e. The zero-order valence-corrected chi connectivity index (χ0v) is 22.2. The fraction of sp³-hybridized carbons (Fsp3) is 0.471. The van der Waals surface area contributed by atoms with Crippen LogP contribution in [0.4, 0.5) is 0 Å². The van der Waals surface area contributed by atoms with E-state index in [1.165, 1.54) is 65.5 Å². The van der Waals surface area contributed by atoms with E-state index >= 15 is 0 Å². The highest BCUT2D eigenvalue weighted by Crippen LogP contribution is 2.37. The van der Waals surface area contributed by atoms with E-state index in [9.17, 15) is 0 Å². The molecule has 1 saturated carbocycles. The third-order valence-electron chi connectivity index (χ3n) is 8.37. The molecule has 0 aliphatic heterocycles. The van der Waals surface area contributed by atoms with Crippen LogP contribution in [-0.2, 0) is 19.3 Å². The van der Waals surface area contributed by atoms with Gasteiger partial charge in [-0.2, -0.15) is 0 Å². The Morgan fingerprint density at radius 2 is 1.50 bits per heavy atom. The molecule has 0 heteroatoms. The molecule has 0 amide bonds. The van der Waals surface area contributed by atoms with Crippen molar-refractivity contribution in [2.75, 3.05) is 0 Å². The summed E-state index contributed by atoms with van der Waals surface area (Å²) in [7, 11) is 0. The highest BCUT2D eigenvalue weighted by atomic mass is 14.3. The van der Waals surface area contributed by atoms with E-state index in [1.807, 2.05) is 0 Å². The molecular formula is C34H44. The van der Waals surface area contributed by atoms with Gasteiger partial charge in [0.2, 0.25) is 0 Å². The predicted molar refractivity (Wildman–Crippen MR) is 148 cm³/mol. The third kappa shape index (κ3) is 5.83. The van der Waals surface area contributed by atoms with Gasteiger partial charge in [-0.25, -0.2) is 0 Å². The van der Waals surface area contributed by atoms with Gasteiger partial charge in [0.25, 0.3) is 0 Å². The molecule has 0 aromatic heterocycles. The van der Waals surface area contributed by atoms with Crippen LogP contribution in [0.1, 0.15) is 116 Å². The van der Waals surface area contributed by atoms with Crippen molar-refractivity contribution >= 4 is 0 Å². The van der Waals surface area contributed by atoms with Crippen LogP contribution in [-0.4, -0.2) is 0 Å². The van der Waals surface area contributed by atoms with Crippen molar-refractivity contribution in [3.63, 3.8) is 0 Å². The van der Waals surface area contributed by atoms with Crippen molar-refractivity contribution in [1.82, 2.24) is 0 Å². The summed E-state index contributed by atoms with van der Waals surface area (Å²) in [6, 6.07) is 23.5. The Bertz CT molecular complexity index is 1080. The van der Waals surface area contributed by atoms with Gasteiger partial charge in [0.05, 0.1) is 0 Å². The zero-order chi connectivity index (χ0) is 24.1. The molecule has 1 aliphatic rings. The Balaban J connectivity index is 1.53. The van der Waals surface area contributed by atoms with Crippen LogP contribution in [0, 0.1) is 12.8 Å². The summed E-state index contributed by atoms with van der Waals surface area (Å²) in [6.07, 6.45) is 10.1. The highest BCUT2D eigenvalue weighted by Gasteiger charge is 2.22. The highest BCUT2D eigenvalue weighted by molar-refractivity contribution is 5.42. The maximum atomic E-state index is 2.54. The molecule has 0 nitrogen and oxygen atoms in total. The van der Waals surface area contributed by atoms with Crippen molar-refractivity contribution in [3.8, 4) is 0 Å². The first-order chi connectivity index (χ1) is 16.5. The Labute approximate surface area is 208 Å². The van der Waals surface area contributed by atoms with Crippen LogP contribution in [0.3, 0.4) is 0 Å². The van der Waals surface area contributed by atoms with E-state index in [0.29, 0.717) is 5.92 Å². The van der Waals surface area contributed by atoms with Crippen molar-refractivity contribution < 1.29 is 0 Å². The Morgan fingerprint density at radius 3 is 2.21 bits per heavy atom. The molecule has 1 fully saturated rings. The molecule has 0 bridgehead atoms. The van der Waals surface area contributed by atoms with Crippen LogP contribution in [0.2, 0.25) is 0 Å². The smallest absolute Gasteiger partial charge is 0.00202 e. The molecule has 4 rings (SSSR count). The third-order valence-corrected chi connectivity index (χ3v) is 8.37. The minimum absolute atomic E-state index is 0.558. The Kier molecular flexibility index (Phi) is 8.30. The van der Waals surface area contributed by atoms with Crippen LogP contribution in [0.25, 0.3) is 0 Å². The Morgan fingerprint density at radius 1 is 0.735 bits per heavy atom. The maximum absolute atomic E-state index is 2.54. The van der Waals surface area contributed by atoms with Gasteiger partial charge in [-0.1, -0.05) is 94.8 Å². The first kappa shape index (κ1) is 24.8. The minimum Gasteiger partial charge on any atom is -0.0651 e. The van der Waals surface area contributed by atoms with Crippen LogP contribution >= 0.6 is 0 Å². The summed E-state index contributed by atoms with van der Waals surface area (Å²) in [5, 5.41) is 0. The standard InChI is InChI=1S/C34H44/c1-6-26-14-16-29(17-15-26)31-19-18-30(28(7-2)22-31)20-27-13-12-25(5)33(21-27)23-32-10-8-9-11-34(32)24(3)4/h8-13,18-19,21-22,24,26,29H,6-7,14-17,20,23H2,1-5H3. The predicted octanol–water partition coefficient (Wildman–Crippen LogP) is 9.55. The van der Waals surface area contributed by atoms with Gasteiger partial charge >= 0.3 is 0 Å². The summed E-state index contributed by atoms with van der Waals surface area (Å²) in [6.45, 7) is 11.5. The van der Waals surface area contributed by atoms with Crippen LogP contribution in [0.5, 0.6) is 0 Å². The van der Waals surface area contributed by atoms with Gasteiger partial charge in [0, 0.05) is 0 Å². The molecule has 0 atom stereocenters. The van der Waals surface area contributed by atoms with E-state index < -0.39 is 0 Å². The molecule has 0 radical (unpaired) electrons. The molecule has 0 N–H and O–H groups in total. The number of hydrogen-bond donors (Lipinski definition) is 0. The molecule has 3 aromatic rings. The van der Waals surface area contributed by atoms with Crippen molar-refractivity contribution in [2.45, 2.75) is 97.8 Å². The summed E-state index contributed by atoms with van der Waals surface area (Å²) in [4.78, 5) is 0. The first-order valence-corrected chi connectivity index (χ1v) is 13.8. The molecular weight excluding hydrogens is 408 g/mol. The fourth-order valence-electron chi connectivity index (χ4n) is 6.01. The average Bonchev–Trinajstić information content (AvgIpc) is 2.86. The van der Waals surface area contributed by atoms with Gasteiger partial charge in [-0.3, -0.25) is 0 Å². The lowest BCUT2D eigenvalue weighted by Crippen LogP contribution is -2.13. The largest absolute Gasteiger partial charge is 0.0651 e. The average molecular weight is 453 g/mol. The second-order valence-electron chi connectivity index (χ2n) is 11.0. The minimum atomic E-state index is 0.558. The van der Waals surface area contributed by atoms with Gasteiger partial charge in [-0.15, -0.1) is 0 Å². The molecule has 180 valence electrons. The molecule has 34 heavy (non-hydrogen) atoms. The quantitative estimate of drug-likeness (QED) is 0.319. The lowest BCUT2D eigenvalue weighted by molar-refractivity contribution is 0.318. The summed E-state index contributed by atoms with van der Waals surface area (Å²) >= 11 is 0. The van der Waals surface area contributed by atoms with Crippen molar-refractivity contribution in [3.05, 3.63) is 105 Å². The molecule has 0 heterocycles. The summed E-state index contributed by atoms with van der Waals surface area (Å²) in [5.41, 5.74) is 11.9. The van der Waals surface area contributed by atoms with E-state index in [-0.39, 0.29) is 0 Å². The van der Waals surface area contributed by atoms with Crippen molar-refractivity contribution in [2.24, 2.45) is 5.92 Å². The lowest BCUT2D eigenvalue weighted by Gasteiger charge is -2.28. The van der Waals surface area contributed by atoms with Gasteiger partial charge < -0.3 is 0 Å². The molecule has 0 saturated heterocycles. The number of hydrogen-bond acceptors (Lipinski definition) is 0. The summed E-state index contributed by atoms with van der Waals surface area (Å²) in [5.74, 6) is 2.29. The number of rotatable bonds is 8. The SMILES string of the molecule is CCc1cc(C2CCC(CC)CC2)ccc1Cc1ccc(C)c(Cc2ccccc2C(C)C)c1. The van der Waals surface area contributed by atoms with E-state index in [2.05, 4.69) is 95.3 Å². The van der Waals surface area contributed by atoms with Gasteiger partial charge in [0.1, 0.15) is 0 Å². The number of benzene rings is 3. The lowest BCUT2D eigenvalue weighted by atomic mass is 9.77. The van der Waals surface area contributed by atoms with E-state index in [4.69, 9.17) is 0 Å². The fourth-order valence-corrected chi connectivity index (χ4v) is 6.01. The number of aryl methyl sites for hydroxylation is 2. The monoisotopic (exact) mass is 452 g/mol. The second kappa shape index (κ2) is 11.4. The normalized spacial score (nSPS) is 18.4. The molecule has 1 aliphatic carbocycles. The summed E-state index contributed by atoms with van der Waals surface area (Å²) < 4.78 is 0. The van der Waals surface area contributed by atoms with Crippen molar-refractivity contribution in [1.29, 1.82) is 0 Å². The van der Waals surface area contributed by atoms with Crippen LogP contribution in [0.15, 0.2) is 60.7 Å². The van der Waals surface area contributed by atoms with Gasteiger partial charge in [-0.05, 0) is 114 Å². The zero-order valence-electron chi connectivity index (χ0n) is 22.2. The van der Waals surface area contributed by atoms with E-state index in [0.717, 1.165) is 31.1 Å². The topological polar surface area (TPSA) is 0 Å². The molecule has 0 spiro atoms.